The van der Waals surface area contributed by atoms with E-state index in [9.17, 15) is 0 Å². The number of likely N-dealkylation sites (tertiary alicyclic amines) is 1. The molecular weight excluding hydrogens is 252 g/mol. The summed E-state index contributed by atoms with van der Waals surface area (Å²) in [5, 5.41) is 7.52. The summed E-state index contributed by atoms with van der Waals surface area (Å²) in [7, 11) is 1.71. The summed E-state index contributed by atoms with van der Waals surface area (Å²) in [6.07, 6.45) is 3.82. The molecule has 5 nitrogen and oxygen atoms in total. The molecule has 1 saturated heterocycles. The number of nitrogens with two attached hydrogens (primary N) is 1. The van der Waals surface area contributed by atoms with Crippen LogP contribution in [-0.2, 0) is 6.54 Å². The van der Waals surface area contributed by atoms with Gasteiger partial charge in [0.05, 0.1) is 18.6 Å². The van der Waals surface area contributed by atoms with Crippen LogP contribution in [-0.4, -0.2) is 35.9 Å². The Hall–Kier alpha value is -1.62. The molecule has 1 aromatic rings. The Bertz CT molecular complexity index is 493. The van der Waals surface area contributed by atoms with Crippen LogP contribution in [0.5, 0.6) is 5.75 Å². The SMILES string of the molecule is COc1c(C)cnc(CN2CCC(C(=N)N)CC2)c1C. The van der Waals surface area contributed by atoms with Crippen molar-refractivity contribution < 1.29 is 4.74 Å². The highest BCUT2D eigenvalue weighted by Crippen LogP contribution is 2.26. The van der Waals surface area contributed by atoms with Gasteiger partial charge >= 0.3 is 0 Å². The highest BCUT2D eigenvalue weighted by Gasteiger charge is 2.22. The number of piperidine rings is 1. The second kappa shape index (κ2) is 6.22. The molecule has 0 aliphatic carbocycles. The zero-order chi connectivity index (χ0) is 14.7. The van der Waals surface area contributed by atoms with Gasteiger partial charge in [0.25, 0.3) is 0 Å². The number of methoxy groups -OCH3 is 1. The van der Waals surface area contributed by atoms with Crippen LogP contribution in [0.1, 0.15) is 29.7 Å². The van der Waals surface area contributed by atoms with Gasteiger partial charge in [-0.2, -0.15) is 0 Å². The van der Waals surface area contributed by atoms with E-state index in [2.05, 4.69) is 16.8 Å². The summed E-state index contributed by atoms with van der Waals surface area (Å²) in [5.74, 6) is 1.53. The van der Waals surface area contributed by atoms with Gasteiger partial charge in [0.1, 0.15) is 5.75 Å². The zero-order valence-corrected chi connectivity index (χ0v) is 12.6. The predicted octanol–water partition coefficient (Wildman–Crippen LogP) is 1.86. The van der Waals surface area contributed by atoms with Crippen LogP contribution in [0.4, 0.5) is 0 Å². The van der Waals surface area contributed by atoms with Crippen LogP contribution < -0.4 is 10.5 Å². The minimum atomic E-state index is 0.257. The lowest BCUT2D eigenvalue weighted by Gasteiger charge is -2.31. The molecule has 1 aliphatic heterocycles. The molecule has 3 N–H and O–H groups in total. The number of rotatable bonds is 4. The smallest absolute Gasteiger partial charge is 0.128 e. The largest absolute Gasteiger partial charge is 0.496 e. The first-order valence-electron chi connectivity index (χ1n) is 7.08. The Kier molecular flexibility index (Phi) is 4.60. The second-order valence-electron chi connectivity index (χ2n) is 5.55. The summed E-state index contributed by atoms with van der Waals surface area (Å²) < 4.78 is 5.45. The topological polar surface area (TPSA) is 75.2 Å². The first kappa shape index (κ1) is 14.8. The van der Waals surface area contributed by atoms with Gasteiger partial charge in [0.2, 0.25) is 0 Å². The van der Waals surface area contributed by atoms with Crippen molar-refractivity contribution in [2.75, 3.05) is 20.2 Å². The van der Waals surface area contributed by atoms with Crippen LogP contribution in [0.15, 0.2) is 6.20 Å². The summed E-state index contributed by atoms with van der Waals surface area (Å²) in [5.41, 5.74) is 8.86. The van der Waals surface area contributed by atoms with E-state index >= 15 is 0 Å². The van der Waals surface area contributed by atoms with E-state index in [1.807, 2.05) is 13.1 Å². The van der Waals surface area contributed by atoms with Crippen LogP contribution >= 0.6 is 0 Å². The minimum Gasteiger partial charge on any atom is -0.496 e. The molecule has 2 heterocycles. The Balaban J connectivity index is 2.03. The number of aryl methyl sites for hydroxylation is 1. The van der Waals surface area contributed by atoms with Gasteiger partial charge in [-0.25, -0.2) is 0 Å². The van der Waals surface area contributed by atoms with Crippen molar-refractivity contribution in [3.8, 4) is 5.75 Å². The number of hydrogen-bond donors (Lipinski definition) is 2. The quantitative estimate of drug-likeness (QED) is 0.650. The monoisotopic (exact) mass is 276 g/mol. The maximum Gasteiger partial charge on any atom is 0.128 e. The van der Waals surface area contributed by atoms with E-state index in [0.717, 1.165) is 55.0 Å². The average Bonchev–Trinajstić information content (AvgIpc) is 2.43. The van der Waals surface area contributed by atoms with E-state index in [1.54, 1.807) is 7.11 Å². The number of pyridine rings is 1. The summed E-state index contributed by atoms with van der Waals surface area (Å²) in [6, 6.07) is 0. The molecule has 1 fully saturated rings. The maximum atomic E-state index is 7.52. The van der Waals surface area contributed by atoms with Crippen molar-refractivity contribution >= 4 is 5.84 Å². The van der Waals surface area contributed by atoms with Crippen molar-refractivity contribution in [3.63, 3.8) is 0 Å². The molecule has 0 spiro atoms. The summed E-state index contributed by atoms with van der Waals surface area (Å²) in [6.45, 7) is 6.87. The van der Waals surface area contributed by atoms with Gasteiger partial charge in [-0.05, 0) is 39.8 Å². The lowest BCUT2D eigenvalue weighted by molar-refractivity contribution is 0.198. The molecule has 0 amide bonds. The molecule has 0 radical (unpaired) electrons. The maximum absolute atomic E-state index is 7.52. The van der Waals surface area contributed by atoms with Crippen LogP contribution in [0, 0.1) is 25.2 Å². The fraction of sp³-hybridized carbons (Fsp3) is 0.600. The Morgan fingerprint density at radius 3 is 2.65 bits per heavy atom. The Labute approximate surface area is 120 Å². The van der Waals surface area contributed by atoms with Gasteiger partial charge in [0, 0.05) is 29.8 Å². The van der Waals surface area contributed by atoms with Gasteiger partial charge in [-0.15, -0.1) is 0 Å². The average molecular weight is 276 g/mol. The van der Waals surface area contributed by atoms with Crippen molar-refractivity contribution in [1.29, 1.82) is 5.41 Å². The molecule has 0 unspecified atom stereocenters. The van der Waals surface area contributed by atoms with Crippen LogP contribution in [0.2, 0.25) is 0 Å². The lowest BCUT2D eigenvalue weighted by Crippen LogP contribution is -2.38. The standard InChI is InChI=1S/C15H24N4O/c1-10-8-18-13(11(2)14(10)20-3)9-19-6-4-12(5-7-19)15(16)17/h8,12H,4-7,9H2,1-3H3,(H3,16,17). The second-order valence-corrected chi connectivity index (χ2v) is 5.55. The number of aromatic nitrogens is 1. The number of nitrogens with zero attached hydrogens (tertiary/aromatic N) is 2. The molecule has 1 aliphatic rings. The lowest BCUT2D eigenvalue weighted by atomic mass is 9.95. The third kappa shape index (κ3) is 3.10. The molecule has 0 aromatic carbocycles. The Morgan fingerprint density at radius 2 is 2.10 bits per heavy atom. The van der Waals surface area contributed by atoms with Crippen LogP contribution in [0.25, 0.3) is 0 Å². The molecule has 2 rings (SSSR count). The van der Waals surface area contributed by atoms with Crippen molar-refractivity contribution in [2.24, 2.45) is 11.7 Å². The number of nitrogens with one attached hydrogen (secondary N) is 1. The third-order valence-electron chi connectivity index (χ3n) is 4.15. The van der Waals surface area contributed by atoms with Crippen molar-refractivity contribution in [1.82, 2.24) is 9.88 Å². The van der Waals surface area contributed by atoms with E-state index in [1.165, 1.54) is 0 Å². The van der Waals surface area contributed by atoms with E-state index in [4.69, 9.17) is 15.9 Å². The molecule has 5 heteroatoms. The first-order chi connectivity index (χ1) is 9.52. The van der Waals surface area contributed by atoms with Crippen molar-refractivity contribution in [3.05, 3.63) is 23.0 Å². The summed E-state index contributed by atoms with van der Waals surface area (Å²) in [4.78, 5) is 6.92. The van der Waals surface area contributed by atoms with E-state index in [-0.39, 0.29) is 5.92 Å². The molecule has 0 bridgehead atoms. The fourth-order valence-corrected chi connectivity index (χ4v) is 2.84. The fourth-order valence-electron chi connectivity index (χ4n) is 2.84. The highest BCUT2D eigenvalue weighted by atomic mass is 16.5. The number of amidine groups is 1. The first-order valence-corrected chi connectivity index (χ1v) is 7.08. The van der Waals surface area contributed by atoms with E-state index < -0.39 is 0 Å². The number of ether oxygens (including phenoxy) is 1. The third-order valence-corrected chi connectivity index (χ3v) is 4.15. The predicted molar refractivity (Wildman–Crippen MR) is 80.2 cm³/mol. The summed E-state index contributed by atoms with van der Waals surface area (Å²) >= 11 is 0. The van der Waals surface area contributed by atoms with Crippen LogP contribution in [0.3, 0.4) is 0 Å². The minimum absolute atomic E-state index is 0.257. The molecule has 20 heavy (non-hydrogen) atoms. The number of hydrogen-bond acceptors (Lipinski definition) is 4. The van der Waals surface area contributed by atoms with Gasteiger partial charge in [0.15, 0.2) is 0 Å². The molecule has 0 atom stereocenters. The van der Waals surface area contributed by atoms with Crippen molar-refractivity contribution in [2.45, 2.75) is 33.2 Å². The van der Waals surface area contributed by atoms with Gasteiger partial charge < -0.3 is 10.5 Å². The van der Waals surface area contributed by atoms with E-state index in [0.29, 0.717) is 5.84 Å². The molecule has 1 aromatic heterocycles. The Morgan fingerprint density at radius 1 is 1.45 bits per heavy atom. The molecule has 0 saturated carbocycles. The van der Waals surface area contributed by atoms with Gasteiger partial charge in [-0.3, -0.25) is 15.3 Å². The molecule has 110 valence electrons. The van der Waals surface area contributed by atoms with Gasteiger partial charge in [-0.1, -0.05) is 0 Å². The highest BCUT2D eigenvalue weighted by molar-refractivity contribution is 5.79. The zero-order valence-electron chi connectivity index (χ0n) is 12.6. The normalized spacial score (nSPS) is 17.1. The molecular formula is C15H24N4O.